The number of carbonyl (C=O) groups is 2. The number of nitrogens with one attached hydrogen (secondary N) is 2. The highest BCUT2D eigenvalue weighted by Gasteiger charge is 2.50. The van der Waals surface area contributed by atoms with Crippen LogP contribution in [-0.2, 0) is 4.74 Å². The minimum absolute atomic E-state index is 0.0799. The molecule has 1 aliphatic rings. The average Bonchev–Trinajstić information content (AvgIpc) is 3.07. The molecule has 3 rings (SSSR count). The van der Waals surface area contributed by atoms with Gasteiger partial charge in [-0.1, -0.05) is 13.8 Å². The molecule has 9 nitrogen and oxygen atoms in total. The quantitative estimate of drug-likeness (QED) is 0.646. The van der Waals surface area contributed by atoms with Crippen LogP contribution in [0.5, 0.6) is 0 Å². The van der Waals surface area contributed by atoms with Gasteiger partial charge in [0.1, 0.15) is 0 Å². The van der Waals surface area contributed by atoms with Gasteiger partial charge in [-0.2, -0.15) is 5.10 Å². The summed E-state index contributed by atoms with van der Waals surface area (Å²) in [5, 5.41) is 20.8. The molecule has 1 fully saturated rings. The molecule has 27 heavy (non-hydrogen) atoms. The molecule has 0 unspecified atom stereocenters. The van der Waals surface area contributed by atoms with Crippen molar-refractivity contribution in [3.05, 3.63) is 24.0 Å². The van der Waals surface area contributed by atoms with Gasteiger partial charge in [-0.15, -0.1) is 0 Å². The monoisotopic (exact) mass is 375 g/mol. The molecule has 5 N–H and O–H groups in total. The zero-order chi connectivity index (χ0) is 20.0. The van der Waals surface area contributed by atoms with E-state index in [1.54, 1.807) is 16.8 Å². The van der Waals surface area contributed by atoms with Gasteiger partial charge in [0.15, 0.2) is 0 Å². The van der Waals surface area contributed by atoms with Crippen LogP contribution < -0.4 is 16.4 Å². The van der Waals surface area contributed by atoms with Crippen LogP contribution in [0.3, 0.4) is 0 Å². The lowest BCUT2D eigenvalue weighted by Crippen LogP contribution is -2.45. The van der Waals surface area contributed by atoms with E-state index in [0.717, 1.165) is 6.42 Å². The summed E-state index contributed by atoms with van der Waals surface area (Å²) < 4.78 is 6.14. The van der Waals surface area contributed by atoms with Crippen LogP contribution >= 0.6 is 0 Å². The third-order valence-electron chi connectivity index (χ3n) is 5.83. The number of hydrogen-bond donors (Lipinski definition) is 4. The largest absolute Gasteiger partial charge is 0.453 e. The van der Waals surface area contributed by atoms with E-state index in [1.165, 1.54) is 13.3 Å². The molecule has 0 spiro atoms. The summed E-state index contributed by atoms with van der Waals surface area (Å²) in [4.78, 5) is 23.4. The van der Waals surface area contributed by atoms with E-state index >= 15 is 0 Å². The number of aromatic nitrogens is 2. The number of fused-ring (bicyclic) bond motifs is 1. The number of amides is 2. The fraction of sp³-hybridized carbons (Fsp3) is 0.500. The van der Waals surface area contributed by atoms with Crippen LogP contribution in [0.2, 0.25) is 0 Å². The minimum Gasteiger partial charge on any atom is -0.453 e. The van der Waals surface area contributed by atoms with Gasteiger partial charge in [0.2, 0.25) is 0 Å². The number of nitrogens with zero attached hydrogens (tertiary/aromatic N) is 2. The number of primary amides is 1. The van der Waals surface area contributed by atoms with Gasteiger partial charge >= 0.3 is 6.09 Å². The number of nitrogens with two attached hydrogens (primary N) is 1. The van der Waals surface area contributed by atoms with Crippen LogP contribution in [0.1, 0.15) is 44.0 Å². The molecule has 1 saturated carbocycles. The Labute approximate surface area is 156 Å². The van der Waals surface area contributed by atoms with E-state index in [4.69, 9.17) is 5.73 Å². The molecule has 0 aliphatic heterocycles. The number of carbonyl (C=O) groups excluding carboxylic acids is 2. The molecule has 146 valence electrons. The number of aliphatic hydroxyl groups is 1. The summed E-state index contributed by atoms with van der Waals surface area (Å²) in [5.41, 5.74) is 6.10. The fourth-order valence-electron chi connectivity index (χ4n) is 3.54. The second-order valence-electron chi connectivity index (χ2n) is 7.70. The van der Waals surface area contributed by atoms with E-state index in [-0.39, 0.29) is 11.6 Å². The van der Waals surface area contributed by atoms with Gasteiger partial charge in [0.25, 0.3) is 5.91 Å². The lowest BCUT2D eigenvalue weighted by atomic mass is 9.76. The summed E-state index contributed by atoms with van der Waals surface area (Å²) >= 11 is 0. The summed E-state index contributed by atoms with van der Waals surface area (Å²) in [6.07, 6.45) is 3.77. The molecule has 2 aromatic rings. The lowest BCUT2D eigenvalue weighted by molar-refractivity contribution is -0.0283. The Bertz CT molecular complexity index is 903. The van der Waals surface area contributed by atoms with Crippen molar-refractivity contribution in [1.29, 1.82) is 0 Å². The highest BCUT2D eigenvalue weighted by atomic mass is 16.5. The molecular formula is C18H25N5O4. The van der Waals surface area contributed by atoms with Gasteiger partial charge in [0, 0.05) is 11.5 Å². The fourth-order valence-corrected chi connectivity index (χ4v) is 3.54. The van der Waals surface area contributed by atoms with Crippen molar-refractivity contribution in [2.45, 2.75) is 45.3 Å². The number of methoxy groups -OCH3 is 1. The first kappa shape index (κ1) is 19.0. The summed E-state index contributed by atoms with van der Waals surface area (Å²) in [6, 6.07) is 1.60. The maximum absolute atomic E-state index is 12.0. The molecule has 1 aliphatic carbocycles. The van der Waals surface area contributed by atoms with Crippen molar-refractivity contribution in [2.24, 2.45) is 11.1 Å². The number of anilines is 2. The van der Waals surface area contributed by atoms with E-state index in [9.17, 15) is 14.7 Å². The standard InChI is InChI=1S/C18H25N5O4/c1-17(2)13(5-6-18(17,3)26)22-14-11(15(19)24)8-20-23-9-10(7-12(14)23)21-16(25)27-4/h7-9,13,22,26H,5-6H2,1-4H3,(H2,19,24)(H,21,25)/t13-,18-/m1/s1. The highest BCUT2D eigenvalue weighted by Crippen LogP contribution is 2.47. The normalized spacial score (nSPS) is 24.0. The zero-order valence-electron chi connectivity index (χ0n) is 15.9. The van der Waals surface area contributed by atoms with Crippen molar-refractivity contribution in [3.63, 3.8) is 0 Å². The van der Waals surface area contributed by atoms with Crippen molar-refractivity contribution >= 4 is 28.9 Å². The molecule has 0 radical (unpaired) electrons. The van der Waals surface area contributed by atoms with Gasteiger partial charge in [0.05, 0.1) is 47.6 Å². The first-order valence-electron chi connectivity index (χ1n) is 8.72. The van der Waals surface area contributed by atoms with Gasteiger partial charge in [-0.25, -0.2) is 9.31 Å². The Balaban J connectivity index is 2.05. The van der Waals surface area contributed by atoms with Crippen LogP contribution in [0, 0.1) is 5.41 Å². The SMILES string of the molecule is COC(=O)Nc1cc2c(N[C@@H]3CC[C@@](C)(O)C3(C)C)c(C(N)=O)cnn2c1. The van der Waals surface area contributed by atoms with Crippen LogP contribution in [0.25, 0.3) is 5.52 Å². The number of ether oxygens (including phenoxy) is 1. The molecule has 0 saturated heterocycles. The number of hydrogen-bond acceptors (Lipinski definition) is 6. The molecular weight excluding hydrogens is 350 g/mol. The Hall–Kier alpha value is -2.81. The predicted octanol–water partition coefficient (Wildman–Crippen LogP) is 1.96. The number of rotatable bonds is 4. The summed E-state index contributed by atoms with van der Waals surface area (Å²) in [5.74, 6) is -0.612. The summed E-state index contributed by atoms with van der Waals surface area (Å²) in [7, 11) is 1.27. The first-order chi connectivity index (χ1) is 12.6. The highest BCUT2D eigenvalue weighted by molar-refractivity contribution is 6.02. The van der Waals surface area contributed by atoms with E-state index in [0.29, 0.717) is 23.3 Å². The van der Waals surface area contributed by atoms with Gasteiger partial charge in [-0.05, 0) is 25.8 Å². The smallest absolute Gasteiger partial charge is 0.411 e. The second kappa shape index (κ2) is 6.41. The molecule has 2 atom stereocenters. The van der Waals surface area contributed by atoms with Crippen LogP contribution in [-0.4, -0.2) is 45.5 Å². The second-order valence-corrected chi connectivity index (χ2v) is 7.70. The average molecular weight is 375 g/mol. The third-order valence-corrected chi connectivity index (χ3v) is 5.83. The van der Waals surface area contributed by atoms with Gasteiger partial charge in [-0.3, -0.25) is 10.1 Å². The topological polar surface area (TPSA) is 131 Å². The predicted molar refractivity (Wildman–Crippen MR) is 101 cm³/mol. The van der Waals surface area contributed by atoms with Crippen molar-refractivity contribution in [2.75, 3.05) is 17.7 Å². The van der Waals surface area contributed by atoms with Crippen LogP contribution in [0.15, 0.2) is 18.5 Å². The maximum Gasteiger partial charge on any atom is 0.411 e. The van der Waals surface area contributed by atoms with Gasteiger partial charge < -0.3 is 20.9 Å². The lowest BCUT2D eigenvalue weighted by Gasteiger charge is -2.38. The summed E-state index contributed by atoms with van der Waals surface area (Å²) in [6.45, 7) is 5.80. The molecule has 2 heterocycles. The Morgan fingerprint density at radius 1 is 1.41 bits per heavy atom. The molecule has 2 aromatic heterocycles. The van der Waals surface area contributed by atoms with E-state index in [1.807, 2.05) is 20.8 Å². The molecule has 0 aromatic carbocycles. The minimum atomic E-state index is -0.833. The van der Waals surface area contributed by atoms with Crippen molar-refractivity contribution < 1.29 is 19.4 Å². The molecule has 0 bridgehead atoms. The van der Waals surface area contributed by atoms with E-state index < -0.39 is 23.0 Å². The Morgan fingerprint density at radius 2 is 2.11 bits per heavy atom. The third kappa shape index (κ3) is 3.18. The van der Waals surface area contributed by atoms with Crippen molar-refractivity contribution in [3.8, 4) is 0 Å². The molecule has 2 amide bonds. The zero-order valence-corrected chi connectivity index (χ0v) is 15.9. The van der Waals surface area contributed by atoms with Crippen molar-refractivity contribution in [1.82, 2.24) is 9.61 Å². The Morgan fingerprint density at radius 3 is 2.67 bits per heavy atom. The Kier molecular flexibility index (Phi) is 4.51. The van der Waals surface area contributed by atoms with Crippen LogP contribution in [0.4, 0.5) is 16.2 Å². The molecule has 9 heteroatoms. The first-order valence-corrected chi connectivity index (χ1v) is 8.72. The van der Waals surface area contributed by atoms with E-state index in [2.05, 4.69) is 20.5 Å². The maximum atomic E-state index is 12.0.